The number of carboxylic acid groups (broad SMARTS) is 1. The Balaban J connectivity index is 1.98. The van der Waals surface area contributed by atoms with Gasteiger partial charge in [0.25, 0.3) is 5.91 Å². The van der Waals surface area contributed by atoms with Gasteiger partial charge in [-0.05, 0) is 12.8 Å². The van der Waals surface area contributed by atoms with Gasteiger partial charge in [-0.25, -0.2) is 0 Å². The van der Waals surface area contributed by atoms with Crippen molar-refractivity contribution >= 4 is 11.9 Å². The maximum absolute atomic E-state index is 11.6. The summed E-state index contributed by atoms with van der Waals surface area (Å²) >= 11 is 0. The monoisotopic (exact) mass is 212 g/mol. The first-order valence-corrected chi connectivity index (χ1v) is 5.52. The Morgan fingerprint density at radius 3 is 2.93 bits per heavy atom. The molecule has 0 bridgehead atoms. The van der Waals surface area contributed by atoms with Crippen molar-refractivity contribution in [2.24, 2.45) is 0 Å². The molecule has 2 fully saturated rings. The fourth-order valence-corrected chi connectivity index (χ4v) is 2.58. The number of amides is 1. The van der Waals surface area contributed by atoms with E-state index >= 15 is 0 Å². The van der Waals surface area contributed by atoms with Gasteiger partial charge in [-0.2, -0.15) is 0 Å². The summed E-state index contributed by atoms with van der Waals surface area (Å²) in [5.74, 6) is -1.30. The normalized spacial score (nSPS) is 35.5. The highest BCUT2D eigenvalue weighted by Crippen LogP contribution is 2.18. The van der Waals surface area contributed by atoms with E-state index in [4.69, 9.17) is 0 Å². The molecule has 0 aromatic carbocycles. The van der Waals surface area contributed by atoms with E-state index in [1.807, 2.05) is 5.32 Å². The highest BCUT2D eigenvalue weighted by Gasteiger charge is 2.39. The Labute approximate surface area is 88.2 Å². The largest absolute Gasteiger partial charge is 0.550 e. The predicted molar refractivity (Wildman–Crippen MR) is 49.5 cm³/mol. The summed E-state index contributed by atoms with van der Waals surface area (Å²) in [7, 11) is 0. The average molecular weight is 212 g/mol. The van der Waals surface area contributed by atoms with Crippen LogP contribution in [-0.2, 0) is 9.59 Å². The van der Waals surface area contributed by atoms with Crippen molar-refractivity contribution in [3.8, 4) is 0 Å². The van der Waals surface area contributed by atoms with Crippen molar-refractivity contribution in [1.82, 2.24) is 5.32 Å². The summed E-state index contributed by atoms with van der Waals surface area (Å²) in [6.07, 6.45) is 4.22. The maximum atomic E-state index is 11.6. The lowest BCUT2D eigenvalue weighted by molar-refractivity contribution is -0.718. The molecule has 1 heterocycles. The van der Waals surface area contributed by atoms with E-state index in [-0.39, 0.29) is 18.4 Å². The van der Waals surface area contributed by atoms with Gasteiger partial charge in [0, 0.05) is 18.8 Å². The van der Waals surface area contributed by atoms with Crippen LogP contribution in [0.3, 0.4) is 0 Å². The van der Waals surface area contributed by atoms with Crippen LogP contribution in [-0.4, -0.2) is 30.0 Å². The summed E-state index contributed by atoms with van der Waals surface area (Å²) in [6, 6.07) is 0.111. The molecule has 0 aromatic heterocycles. The number of nitrogens with two attached hydrogens (primary N) is 1. The molecule has 1 saturated heterocycles. The van der Waals surface area contributed by atoms with E-state index in [9.17, 15) is 14.7 Å². The second kappa shape index (κ2) is 4.18. The molecule has 5 nitrogen and oxygen atoms in total. The van der Waals surface area contributed by atoms with Crippen LogP contribution >= 0.6 is 0 Å². The van der Waals surface area contributed by atoms with E-state index < -0.39 is 12.0 Å². The summed E-state index contributed by atoms with van der Waals surface area (Å²) in [4.78, 5) is 22.0. The van der Waals surface area contributed by atoms with Crippen molar-refractivity contribution < 1.29 is 20.0 Å². The van der Waals surface area contributed by atoms with Gasteiger partial charge in [-0.15, -0.1) is 0 Å². The zero-order chi connectivity index (χ0) is 10.8. The van der Waals surface area contributed by atoms with Gasteiger partial charge in [0.1, 0.15) is 6.04 Å². The molecule has 2 rings (SSSR count). The topological polar surface area (TPSA) is 85.8 Å². The van der Waals surface area contributed by atoms with Gasteiger partial charge < -0.3 is 20.5 Å². The van der Waals surface area contributed by atoms with Crippen LogP contribution in [0.1, 0.15) is 32.1 Å². The third-order valence-corrected chi connectivity index (χ3v) is 3.35. The molecule has 0 spiro atoms. The van der Waals surface area contributed by atoms with E-state index in [0.717, 1.165) is 19.3 Å². The highest BCUT2D eigenvalue weighted by molar-refractivity contribution is 5.85. The second-order valence-corrected chi connectivity index (χ2v) is 4.44. The number of hydrogen-bond acceptors (Lipinski definition) is 3. The van der Waals surface area contributed by atoms with Gasteiger partial charge in [-0.1, -0.05) is 6.42 Å². The summed E-state index contributed by atoms with van der Waals surface area (Å²) in [6.45, 7) is 0. The van der Waals surface area contributed by atoms with Crippen molar-refractivity contribution in [2.75, 3.05) is 0 Å². The quantitative estimate of drug-likeness (QED) is 0.530. The summed E-state index contributed by atoms with van der Waals surface area (Å²) < 4.78 is 0. The molecular formula is C10H16N2O3. The number of nitrogens with one attached hydrogen (secondary N) is 1. The highest BCUT2D eigenvalue weighted by atomic mass is 16.4. The van der Waals surface area contributed by atoms with E-state index in [1.165, 1.54) is 6.42 Å². The molecule has 15 heavy (non-hydrogen) atoms. The number of rotatable bonds is 2. The second-order valence-electron chi connectivity index (χ2n) is 4.44. The van der Waals surface area contributed by atoms with Gasteiger partial charge in [-0.3, -0.25) is 4.79 Å². The Kier molecular flexibility index (Phi) is 2.90. The number of carbonyl (C=O) groups excluding carboxylic acids is 2. The van der Waals surface area contributed by atoms with Gasteiger partial charge in [0.2, 0.25) is 0 Å². The van der Waals surface area contributed by atoms with Gasteiger partial charge >= 0.3 is 0 Å². The Morgan fingerprint density at radius 2 is 2.20 bits per heavy atom. The van der Waals surface area contributed by atoms with Crippen LogP contribution in [0.5, 0.6) is 0 Å². The number of carbonyl (C=O) groups is 2. The molecular weight excluding hydrogens is 196 g/mol. The molecule has 3 atom stereocenters. The molecule has 0 radical (unpaired) electrons. The Bertz CT molecular complexity index is 280. The number of fused-ring (bicyclic) bond motifs is 1. The van der Waals surface area contributed by atoms with Crippen molar-refractivity contribution in [3.05, 3.63) is 0 Å². The minimum Gasteiger partial charge on any atom is -0.550 e. The van der Waals surface area contributed by atoms with Crippen LogP contribution in [0.4, 0.5) is 0 Å². The van der Waals surface area contributed by atoms with Crippen molar-refractivity contribution in [3.63, 3.8) is 0 Å². The molecule has 1 aliphatic carbocycles. The number of piperazine rings is 1. The van der Waals surface area contributed by atoms with Crippen LogP contribution in [0.2, 0.25) is 0 Å². The number of carboxylic acids is 1. The molecule has 5 heteroatoms. The molecule has 2 aliphatic rings. The third-order valence-electron chi connectivity index (χ3n) is 3.35. The maximum Gasteiger partial charge on any atom is 0.279 e. The molecule has 1 amide bonds. The SMILES string of the molecule is O=C([O-])C[C@H]1[NH2+][C@@H]2CCCC[C@H]2NC1=O. The van der Waals surface area contributed by atoms with E-state index in [1.54, 1.807) is 0 Å². The van der Waals surface area contributed by atoms with E-state index in [2.05, 4.69) is 5.32 Å². The van der Waals surface area contributed by atoms with E-state index in [0.29, 0.717) is 6.04 Å². The number of quaternary nitrogens is 1. The smallest absolute Gasteiger partial charge is 0.279 e. The summed E-state index contributed by atoms with van der Waals surface area (Å²) in [5.41, 5.74) is 0. The van der Waals surface area contributed by atoms with Crippen LogP contribution in [0, 0.1) is 0 Å². The fourth-order valence-electron chi connectivity index (χ4n) is 2.58. The minimum atomic E-state index is -1.15. The lowest BCUT2D eigenvalue weighted by atomic mass is 9.87. The minimum absolute atomic E-state index is 0.151. The van der Waals surface area contributed by atoms with Gasteiger partial charge in [0.15, 0.2) is 6.04 Å². The van der Waals surface area contributed by atoms with Crippen LogP contribution in [0.25, 0.3) is 0 Å². The summed E-state index contributed by atoms with van der Waals surface area (Å²) in [5, 5.41) is 15.3. The first-order valence-electron chi connectivity index (χ1n) is 5.52. The Hall–Kier alpha value is -1.10. The zero-order valence-electron chi connectivity index (χ0n) is 8.57. The molecule has 3 N–H and O–H groups in total. The Morgan fingerprint density at radius 1 is 1.47 bits per heavy atom. The molecule has 84 valence electrons. The standard InChI is InChI=1S/C10H16N2O3/c13-9(14)5-8-10(15)12-7-4-2-1-3-6(7)11-8/h6-8,11H,1-5H2,(H,12,15)(H,13,14)/t6-,7-,8-/m1/s1. The lowest BCUT2D eigenvalue weighted by Crippen LogP contribution is -3.03. The average Bonchev–Trinajstić information content (AvgIpc) is 2.18. The molecule has 1 saturated carbocycles. The fraction of sp³-hybridized carbons (Fsp3) is 0.800. The van der Waals surface area contributed by atoms with Crippen LogP contribution in [0.15, 0.2) is 0 Å². The number of aliphatic carboxylic acids is 1. The van der Waals surface area contributed by atoms with Crippen molar-refractivity contribution in [1.29, 1.82) is 0 Å². The number of hydrogen-bond donors (Lipinski definition) is 2. The molecule has 1 aliphatic heterocycles. The third kappa shape index (κ3) is 2.28. The van der Waals surface area contributed by atoms with Crippen LogP contribution < -0.4 is 15.7 Å². The predicted octanol–water partition coefficient (Wildman–Crippen LogP) is -2.50. The van der Waals surface area contributed by atoms with Gasteiger partial charge in [0.05, 0.1) is 6.04 Å². The zero-order valence-corrected chi connectivity index (χ0v) is 8.57. The van der Waals surface area contributed by atoms with Crippen molar-refractivity contribution in [2.45, 2.75) is 50.2 Å². The first kappa shape index (κ1) is 10.4. The molecule has 0 unspecified atom stereocenters. The lowest BCUT2D eigenvalue weighted by Gasteiger charge is -2.37. The molecule has 0 aromatic rings. The first-order chi connectivity index (χ1) is 7.16.